The topological polar surface area (TPSA) is 100 Å². The van der Waals surface area contributed by atoms with Gasteiger partial charge in [0.15, 0.2) is 0 Å². The number of methoxy groups -OCH3 is 1. The van der Waals surface area contributed by atoms with E-state index in [0.717, 1.165) is 6.42 Å². The molecule has 0 amide bonds. The number of nitrogens with two attached hydrogens (primary N) is 1. The van der Waals surface area contributed by atoms with Crippen molar-refractivity contribution in [2.24, 2.45) is 12.2 Å². The van der Waals surface area contributed by atoms with Crippen molar-refractivity contribution >= 4 is 10.0 Å². The van der Waals surface area contributed by atoms with E-state index in [2.05, 4.69) is 10.2 Å². The van der Waals surface area contributed by atoms with E-state index >= 15 is 0 Å². The molecule has 8 heteroatoms. The van der Waals surface area contributed by atoms with Crippen molar-refractivity contribution in [2.45, 2.75) is 18.0 Å². The van der Waals surface area contributed by atoms with Crippen molar-refractivity contribution in [3.63, 3.8) is 0 Å². The normalized spacial score (nSPS) is 11.9. The molecule has 1 aromatic rings. The fraction of sp³-hybridized carbons (Fsp3) is 0.714. The largest absolute Gasteiger partial charge is 0.385 e. The summed E-state index contributed by atoms with van der Waals surface area (Å²) in [6.07, 6.45) is 1.36. The van der Waals surface area contributed by atoms with Gasteiger partial charge >= 0.3 is 0 Å². The van der Waals surface area contributed by atoms with Gasteiger partial charge < -0.3 is 9.30 Å². The van der Waals surface area contributed by atoms with Crippen molar-refractivity contribution in [3.05, 3.63) is 5.82 Å². The number of primary sulfonamides is 1. The molecule has 2 N–H and O–H groups in total. The van der Waals surface area contributed by atoms with Crippen LogP contribution in [0.3, 0.4) is 0 Å². The summed E-state index contributed by atoms with van der Waals surface area (Å²) in [7, 11) is -0.610. The molecule has 0 saturated heterocycles. The number of aryl methyl sites for hydroxylation is 1. The Bertz CT molecular complexity index is 425. The fourth-order valence-electron chi connectivity index (χ4n) is 1.19. The van der Waals surface area contributed by atoms with Crippen LogP contribution in [0.25, 0.3) is 0 Å². The first-order valence-corrected chi connectivity index (χ1v) is 5.91. The monoisotopic (exact) mass is 234 g/mol. The first-order valence-electron chi connectivity index (χ1n) is 4.37. The van der Waals surface area contributed by atoms with Gasteiger partial charge in [0, 0.05) is 27.2 Å². The predicted octanol–water partition coefficient (Wildman–Crippen LogP) is -0.958. The molecule has 0 bridgehead atoms. The molecule has 0 fully saturated rings. The minimum Gasteiger partial charge on any atom is -0.385 e. The van der Waals surface area contributed by atoms with Gasteiger partial charge in [-0.1, -0.05) is 0 Å². The lowest BCUT2D eigenvalue weighted by atomic mass is 10.3. The van der Waals surface area contributed by atoms with Crippen LogP contribution in [0.1, 0.15) is 12.2 Å². The second-order valence-corrected chi connectivity index (χ2v) is 4.55. The molecule has 0 spiro atoms. The van der Waals surface area contributed by atoms with Crippen molar-refractivity contribution in [1.29, 1.82) is 0 Å². The van der Waals surface area contributed by atoms with Gasteiger partial charge in [0.05, 0.1) is 0 Å². The predicted molar refractivity (Wildman–Crippen MR) is 52.6 cm³/mol. The smallest absolute Gasteiger partial charge is 0.273 e. The maximum Gasteiger partial charge on any atom is 0.273 e. The highest BCUT2D eigenvalue weighted by molar-refractivity contribution is 7.89. The third-order valence-corrected chi connectivity index (χ3v) is 2.79. The van der Waals surface area contributed by atoms with E-state index in [0.29, 0.717) is 18.9 Å². The highest BCUT2D eigenvalue weighted by Gasteiger charge is 2.17. The molecule has 15 heavy (non-hydrogen) atoms. The van der Waals surface area contributed by atoms with Crippen LogP contribution < -0.4 is 5.14 Å². The summed E-state index contributed by atoms with van der Waals surface area (Å²) in [5.74, 6) is 0.580. The lowest BCUT2D eigenvalue weighted by molar-refractivity contribution is 0.194. The van der Waals surface area contributed by atoms with Gasteiger partial charge in [-0.3, -0.25) is 0 Å². The third-order valence-electron chi connectivity index (χ3n) is 1.93. The first kappa shape index (κ1) is 12.1. The van der Waals surface area contributed by atoms with Gasteiger partial charge in [0.2, 0.25) is 0 Å². The van der Waals surface area contributed by atoms with Crippen LogP contribution in [0.15, 0.2) is 5.16 Å². The minimum atomic E-state index is -3.79. The summed E-state index contributed by atoms with van der Waals surface area (Å²) < 4.78 is 28.3. The van der Waals surface area contributed by atoms with Gasteiger partial charge in [0.25, 0.3) is 15.2 Å². The van der Waals surface area contributed by atoms with E-state index < -0.39 is 10.0 Å². The van der Waals surface area contributed by atoms with Gasteiger partial charge in [-0.25, -0.2) is 13.6 Å². The molecule has 0 saturated carbocycles. The average Bonchev–Trinajstić information content (AvgIpc) is 2.47. The maximum absolute atomic E-state index is 11.0. The summed E-state index contributed by atoms with van der Waals surface area (Å²) in [5, 5.41) is 12.0. The Morgan fingerprint density at radius 1 is 1.47 bits per heavy atom. The van der Waals surface area contributed by atoms with Crippen LogP contribution in [0.4, 0.5) is 0 Å². The molecule has 0 aliphatic carbocycles. The summed E-state index contributed by atoms with van der Waals surface area (Å²) in [5.41, 5.74) is 0. The molecule has 0 unspecified atom stereocenters. The van der Waals surface area contributed by atoms with Gasteiger partial charge in [-0.15, -0.1) is 10.2 Å². The van der Waals surface area contributed by atoms with Gasteiger partial charge in [0.1, 0.15) is 5.82 Å². The fourth-order valence-corrected chi connectivity index (χ4v) is 1.83. The zero-order valence-electron chi connectivity index (χ0n) is 8.67. The number of aromatic nitrogens is 3. The number of hydrogen-bond acceptors (Lipinski definition) is 5. The Labute approximate surface area is 88.3 Å². The Morgan fingerprint density at radius 3 is 2.60 bits per heavy atom. The van der Waals surface area contributed by atoms with Crippen LogP contribution in [0.2, 0.25) is 0 Å². The Kier molecular flexibility index (Phi) is 3.77. The molecular formula is C7H14N4O3S. The highest BCUT2D eigenvalue weighted by atomic mass is 32.2. The van der Waals surface area contributed by atoms with Gasteiger partial charge in [-0.2, -0.15) is 0 Å². The van der Waals surface area contributed by atoms with E-state index in [9.17, 15) is 8.42 Å². The molecular weight excluding hydrogens is 220 g/mol. The van der Waals surface area contributed by atoms with E-state index in [-0.39, 0.29) is 5.16 Å². The molecule has 0 aliphatic rings. The summed E-state index contributed by atoms with van der Waals surface area (Å²) in [6.45, 7) is 0.595. The van der Waals surface area contributed by atoms with Crippen molar-refractivity contribution in [2.75, 3.05) is 13.7 Å². The van der Waals surface area contributed by atoms with E-state index in [1.807, 2.05) is 0 Å². The zero-order chi connectivity index (χ0) is 11.5. The molecule has 1 rings (SSSR count). The highest BCUT2D eigenvalue weighted by Crippen LogP contribution is 2.06. The molecule has 86 valence electrons. The second kappa shape index (κ2) is 4.69. The lowest BCUT2D eigenvalue weighted by Gasteiger charge is -2.01. The third kappa shape index (κ3) is 2.98. The van der Waals surface area contributed by atoms with Crippen LogP contribution in [-0.2, 0) is 28.2 Å². The first-order chi connectivity index (χ1) is 6.96. The number of rotatable bonds is 5. The number of sulfonamides is 1. The summed E-state index contributed by atoms with van der Waals surface area (Å²) in [4.78, 5) is 0. The Balaban J connectivity index is 2.81. The van der Waals surface area contributed by atoms with Crippen molar-refractivity contribution < 1.29 is 13.2 Å². The minimum absolute atomic E-state index is 0.213. The number of hydrogen-bond donors (Lipinski definition) is 1. The Morgan fingerprint density at radius 2 is 2.13 bits per heavy atom. The van der Waals surface area contributed by atoms with Gasteiger partial charge in [-0.05, 0) is 6.42 Å². The van der Waals surface area contributed by atoms with E-state index in [1.54, 1.807) is 14.2 Å². The molecule has 0 radical (unpaired) electrons. The number of ether oxygens (including phenoxy) is 1. The second-order valence-electron chi connectivity index (χ2n) is 3.10. The number of nitrogens with zero attached hydrogens (tertiary/aromatic N) is 3. The Hall–Kier alpha value is -0.990. The van der Waals surface area contributed by atoms with Crippen molar-refractivity contribution in [3.8, 4) is 0 Å². The quantitative estimate of drug-likeness (QED) is 0.661. The zero-order valence-corrected chi connectivity index (χ0v) is 9.49. The standard InChI is InChI=1S/C7H14N4O3S/c1-11-6(4-3-5-14-2)9-10-7(11)15(8,12)13/h3-5H2,1-2H3,(H2,8,12,13). The molecule has 1 heterocycles. The molecule has 0 atom stereocenters. The molecule has 7 nitrogen and oxygen atoms in total. The average molecular weight is 234 g/mol. The summed E-state index contributed by atoms with van der Waals surface area (Å²) >= 11 is 0. The van der Waals surface area contributed by atoms with E-state index in [4.69, 9.17) is 9.88 Å². The maximum atomic E-state index is 11.0. The van der Waals surface area contributed by atoms with E-state index in [1.165, 1.54) is 4.57 Å². The van der Waals surface area contributed by atoms with Crippen LogP contribution in [-0.4, -0.2) is 36.9 Å². The SMILES string of the molecule is COCCCc1nnc(S(N)(=O)=O)n1C. The lowest BCUT2D eigenvalue weighted by Crippen LogP contribution is -2.17. The van der Waals surface area contributed by atoms with Crippen LogP contribution in [0, 0.1) is 0 Å². The van der Waals surface area contributed by atoms with Crippen molar-refractivity contribution in [1.82, 2.24) is 14.8 Å². The molecule has 1 aromatic heterocycles. The van der Waals surface area contributed by atoms with Crippen LogP contribution in [0.5, 0.6) is 0 Å². The summed E-state index contributed by atoms with van der Waals surface area (Å²) in [6, 6.07) is 0. The molecule has 0 aliphatic heterocycles. The molecule has 0 aromatic carbocycles. The van der Waals surface area contributed by atoms with Crippen LogP contribution >= 0.6 is 0 Å².